The van der Waals surface area contributed by atoms with Crippen LogP contribution in [0.5, 0.6) is 0 Å². The zero-order valence-corrected chi connectivity index (χ0v) is 16.5. The molecule has 1 aromatic heterocycles. The number of aryl methyl sites for hydroxylation is 1. The Balaban J connectivity index is 0.00000156. The molecule has 0 spiro atoms. The topological polar surface area (TPSA) is 70.2 Å². The summed E-state index contributed by atoms with van der Waals surface area (Å²) in [4.78, 5) is 14.5. The Labute approximate surface area is 164 Å². The summed E-state index contributed by atoms with van der Waals surface area (Å²) in [6.07, 6.45) is 0. The van der Waals surface area contributed by atoms with Crippen molar-refractivity contribution in [2.75, 3.05) is 26.2 Å². The molecule has 25 heavy (non-hydrogen) atoms. The van der Waals surface area contributed by atoms with E-state index in [-0.39, 0.29) is 30.7 Å². The Morgan fingerprint density at radius 1 is 1.20 bits per heavy atom. The van der Waals surface area contributed by atoms with Crippen molar-refractivity contribution in [2.45, 2.75) is 20.0 Å². The van der Waals surface area contributed by atoms with E-state index in [1.165, 1.54) is 16.9 Å². The number of amides is 1. The average Bonchev–Trinajstić information content (AvgIpc) is 3.03. The monoisotopic (exact) mass is 403 g/mol. The zero-order chi connectivity index (χ0) is 16.1. The molecule has 6 nitrogen and oxygen atoms in total. The van der Waals surface area contributed by atoms with Gasteiger partial charge in [-0.15, -0.1) is 35.0 Å². The largest absolute Gasteiger partial charge is 0.346 e. The lowest BCUT2D eigenvalue weighted by Crippen LogP contribution is -2.42. The standard InChI is InChI=1S/C16H21N5OS.2ClH/c1-12-2-4-13(5-3-12)10-18-15(22)16-20-19-14(23-16)11-21-8-6-17-7-9-21;;/h2-5,17H,6-11H2,1H3,(H,18,22);2*1H. The molecule has 1 amide bonds. The normalized spacial score (nSPS) is 14.3. The van der Waals surface area contributed by atoms with E-state index >= 15 is 0 Å². The van der Waals surface area contributed by atoms with E-state index in [4.69, 9.17) is 0 Å². The van der Waals surface area contributed by atoms with E-state index in [2.05, 4.69) is 25.7 Å². The lowest BCUT2D eigenvalue weighted by Gasteiger charge is -2.25. The molecule has 0 aliphatic carbocycles. The Morgan fingerprint density at radius 3 is 2.56 bits per heavy atom. The molecule has 9 heteroatoms. The van der Waals surface area contributed by atoms with Crippen LogP contribution in [0.25, 0.3) is 0 Å². The number of halogens is 2. The van der Waals surface area contributed by atoms with E-state index in [1.54, 1.807) is 0 Å². The Morgan fingerprint density at radius 2 is 1.88 bits per heavy atom. The predicted octanol–water partition coefficient (Wildman–Crippen LogP) is 2.03. The lowest BCUT2D eigenvalue weighted by molar-refractivity contribution is 0.0950. The first-order valence-electron chi connectivity index (χ1n) is 7.80. The number of rotatable bonds is 5. The van der Waals surface area contributed by atoms with E-state index < -0.39 is 0 Å². The van der Waals surface area contributed by atoms with Crippen LogP contribution in [0.15, 0.2) is 24.3 Å². The van der Waals surface area contributed by atoms with Crippen molar-refractivity contribution in [3.05, 3.63) is 45.4 Å². The van der Waals surface area contributed by atoms with E-state index in [1.807, 2.05) is 31.2 Å². The number of benzene rings is 1. The molecule has 1 fully saturated rings. The van der Waals surface area contributed by atoms with Crippen LogP contribution in [0.3, 0.4) is 0 Å². The van der Waals surface area contributed by atoms with Gasteiger partial charge in [0.2, 0.25) is 5.01 Å². The van der Waals surface area contributed by atoms with Gasteiger partial charge in [-0.1, -0.05) is 41.2 Å². The van der Waals surface area contributed by atoms with Gasteiger partial charge in [-0.3, -0.25) is 9.69 Å². The molecule has 0 unspecified atom stereocenters. The van der Waals surface area contributed by atoms with Gasteiger partial charge in [0.05, 0.1) is 6.54 Å². The van der Waals surface area contributed by atoms with Crippen LogP contribution in [0, 0.1) is 6.92 Å². The minimum Gasteiger partial charge on any atom is -0.346 e. The van der Waals surface area contributed by atoms with Gasteiger partial charge in [0, 0.05) is 32.7 Å². The first kappa shape index (κ1) is 21.8. The average molecular weight is 404 g/mol. The van der Waals surface area contributed by atoms with E-state index in [9.17, 15) is 4.79 Å². The van der Waals surface area contributed by atoms with Gasteiger partial charge in [0.15, 0.2) is 0 Å². The minimum atomic E-state index is -0.158. The van der Waals surface area contributed by atoms with Crippen LogP contribution < -0.4 is 10.6 Å². The molecule has 0 saturated carbocycles. The highest BCUT2D eigenvalue weighted by Gasteiger charge is 2.16. The molecular weight excluding hydrogens is 381 g/mol. The molecule has 0 atom stereocenters. The van der Waals surface area contributed by atoms with Crippen molar-refractivity contribution in [3.63, 3.8) is 0 Å². The lowest BCUT2D eigenvalue weighted by atomic mass is 10.1. The molecule has 138 valence electrons. The molecule has 0 radical (unpaired) electrons. The first-order valence-corrected chi connectivity index (χ1v) is 8.61. The fraction of sp³-hybridized carbons (Fsp3) is 0.438. The number of carbonyl (C=O) groups is 1. The predicted molar refractivity (Wildman–Crippen MR) is 105 cm³/mol. The molecule has 3 rings (SSSR count). The van der Waals surface area contributed by atoms with Crippen LogP contribution in [-0.4, -0.2) is 47.2 Å². The van der Waals surface area contributed by atoms with Gasteiger partial charge in [0.25, 0.3) is 5.91 Å². The second-order valence-corrected chi connectivity index (χ2v) is 6.76. The molecule has 2 N–H and O–H groups in total. The number of piperazine rings is 1. The maximum atomic E-state index is 12.2. The maximum Gasteiger partial charge on any atom is 0.282 e. The van der Waals surface area contributed by atoms with Crippen molar-refractivity contribution in [3.8, 4) is 0 Å². The van der Waals surface area contributed by atoms with Crippen molar-refractivity contribution >= 4 is 42.1 Å². The number of aromatic nitrogens is 2. The van der Waals surface area contributed by atoms with Gasteiger partial charge >= 0.3 is 0 Å². The fourth-order valence-corrected chi connectivity index (χ4v) is 3.23. The Bertz CT molecular complexity index is 659. The van der Waals surface area contributed by atoms with Crippen molar-refractivity contribution in [1.29, 1.82) is 0 Å². The van der Waals surface area contributed by atoms with E-state index in [0.29, 0.717) is 11.6 Å². The number of hydrogen-bond donors (Lipinski definition) is 2. The summed E-state index contributed by atoms with van der Waals surface area (Å²) in [6.45, 7) is 7.34. The first-order chi connectivity index (χ1) is 11.2. The second kappa shape index (κ2) is 10.7. The molecule has 1 saturated heterocycles. The quantitative estimate of drug-likeness (QED) is 0.798. The minimum absolute atomic E-state index is 0. The molecule has 1 aliphatic rings. The summed E-state index contributed by atoms with van der Waals surface area (Å²) < 4.78 is 0. The molecular formula is C16H23Cl2N5OS. The van der Waals surface area contributed by atoms with Crippen LogP contribution in [0.4, 0.5) is 0 Å². The summed E-state index contributed by atoms with van der Waals surface area (Å²) in [7, 11) is 0. The highest BCUT2D eigenvalue weighted by atomic mass is 35.5. The zero-order valence-electron chi connectivity index (χ0n) is 14.0. The highest BCUT2D eigenvalue weighted by Crippen LogP contribution is 2.13. The SMILES string of the molecule is Cc1ccc(CNC(=O)c2nnc(CN3CCNCC3)s2)cc1.Cl.Cl. The van der Waals surface area contributed by atoms with Crippen molar-refractivity contribution in [1.82, 2.24) is 25.7 Å². The van der Waals surface area contributed by atoms with Crippen LogP contribution >= 0.6 is 36.2 Å². The van der Waals surface area contributed by atoms with Gasteiger partial charge in [-0.2, -0.15) is 0 Å². The molecule has 1 aliphatic heterocycles. The fourth-order valence-electron chi connectivity index (χ4n) is 2.43. The number of hydrogen-bond acceptors (Lipinski definition) is 6. The van der Waals surface area contributed by atoms with Crippen LogP contribution in [-0.2, 0) is 13.1 Å². The van der Waals surface area contributed by atoms with Crippen molar-refractivity contribution < 1.29 is 4.79 Å². The summed E-state index contributed by atoms with van der Waals surface area (Å²) in [6, 6.07) is 8.12. The van der Waals surface area contributed by atoms with Gasteiger partial charge in [-0.05, 0) is 12.5 Å². The number of nitrogens with one attached hydrogen (secondary N) is 2. The Hall–Kier alpha value is -1.25. The Kier molecular flexibility index (Phi) is 9.31. The second-order valence-electron chi connectivity index (χ2n) is 5.70. The highest BCUT2D eigenvalue weighted by molar-refractivity contribution is 7.13. The summed E-state index contributed by atoms with van der Waals surface area (Å²) >= 11 is 1.38. The summed E-state index contributed by atoms with van der Waals surface area (Å²) in [5.74, 6) is -0.158. The summed E-state index contributed by atoms with van der Waals surface area (Å²) in [5.41, 5.74) is 2.29. The third kappa shape index (κ3) is 6.52. The molecule has 2 aromatic rings. The van der Waals surface area contributed by atoms with E-state index in [0.717, 1.165) is 43.3 Å². The number of nitrogens with zero attached hydrogens (tertiary/aromatic N) is 3. The smallest absolute Gasteiger partial charge is 0.282 e. The number of carbonyl (C=O) groups excluding carboxylic acids is 1. The van der Waals surface area contributed by atoms with Crippen molar-refractivity contribution in [2.24, 2.45) is 0 Å². The molecule has 2 heterocycles. The molecule has 1 aromatic carbocycles. The van der Waals surface area contributed by atoms with Gasteiger partial charge < -0.3 is 10.6 Å². The summed E-state index contributed by atoms with van der Waals surface area (Å²) in [5, 5.41) is 15.7. The maximum absolute atomic E-state index is 12.2. The van der Waals surface area contributed by atoms with Crippen LogP contribution in [0.1, 0.15) is 25.9 Å². The van der Waals surface area contributed by atoms with Gasteiger partial charge in [-0.25, -0.2) is 0 Å². The third-order valence-electron chi connectivity index (χ3n) is 3.80. The third-order valence-corrected chi connectivity index (χ3v) is 4.71. The van der Waals surface area contributed by atoms with Gasteiger partial charge in [0.1, 0.15) is 5.01 Å². The molecule has 0 bridgehead atoms. The van der Waals surface area contributed by atoms with Crippen LogP contribution in [0.2, 0.25) is 0 Å².